The fourth-order valence-electron chi connectivity index (χ4n) is 1.75. The standard InChI is InChI=1S/C14H13F2NO2S/c1-19-14-3-2-9(4-13(14)16)8-20(18)12-6-10(15)5-11(17)7-12/h2-7H,8,17H2,1H3. The molecule has 106 valence electrons. The van der Waals surface area contributed by atoms with Crippen LogP contribution in [0.25, 0.3) is 0 Å². The summed E-state index contributed by atoms with van der Waals surface area (Å²) < 4.78 is 43.7. The van der Waals surface area contributed by atoms with Gasteiger partial charge in [-0.2, -0.15) is 0 Å². The number of benzene rings is 2. The molecule has 0 aliphatic carbocycles. The second kappa shape index (κ2) is 6.00. The average molecular weight is 297 g/mol. The summed E-state index contributed by atoms with van der Waals surface area (Å²) in [6.07, 6.45) is 0. The van der Waals surface area contributed by atoms with Crippen molar-refractivity contribution in [1.29, 1.82) is 0 Å². The third-order valence-electron chi connectivity index (χ3n) is 2.67. The van der Waals surface area contributed by atoms with Gasteiger partial charge in [0.15, 0.2) is 11.6 Å². The molecule has 1 unspecified atom stereocenters. The van der Waals surface area contributed by atoms with Crippen molar-refractivity contribution in [2.45, 2.75) is 10.6 Å². The van der Waals surface area contributed by atoms with Gasteiger partial charge in [0.05, 0.1) is 23.7 Å². The SMILES string of the molecule is COc1ccc(CS(=O)c2cc(N)cc(F)c2)cc1F. The first-order valence-electron chi connectivity index (χ1n) is 5.76. The predicted molar refractivity (Wildman–Crippen MR) is 73.9 cm³/mol. The van der Waals surface area contributed by atoms with Crippen molar-refractivity contribution in [1.82, 2.24) is 0 Å². The summed E-state index contributed by atoms with van der Waals surface area (Å²) >= 11 is 0. The van der Waals surface area contributed by atoms with E-state index in [1.165, 1.54) is 25.3 Å². The molecular formula is C14H13F2NO2S. The van der Waals surface area contributed by atoms with Gasteiger partial charge in [0.1, 0.15) is 5.82 Å². The lowest BCUT2D eigenvalue weighted by atomic mass is 10.2. The molecule has 3 nitrogen and oxygen atoms in total. The molecule has 2 N–H and O–H groups in total. The summed E-state index contributed by atoms with van der Waals surface area (Å²) in [6.45, 7) is 0. The van der Waals surface area contributed by atoms with Crippen molar-refractivity contribution in [3.8, 4) is 5.75 Å². The third kappa shape index (κ3) is 3.33. The van der Waals surface area contributed by atoms with Gasteiger partial charge in [0.25, 0.3) is 0 Å². The number of ether oxygens (including phenoxy) is 1. The minimum absolute atomic E-state index is 0.0732. The predicted octanol–water partition coefficient (Wildman–Crippen LogP) is 2.86. The molecule has 0 amide bonds. The molecule has 0 saturated carbocycles. The van der Waals surface area contributed by atoms with E-state index in [9.17, 15) is 13.0 Å². The van der Waals surface area contributed by atoms with E-state index in [0.717, 1.165) is 12.1 Å². The molecule has 2 aromatic carbocycles. The Morgan fingerprint density at radius 1 is 1.20 bits per heavy atom. The van der Waals surface area contributed by atoms with Crippen LogP contribution in [-0.2, 0) is 16.6 Å². The van der Waals surface area contributed by atoms with Crippen molar-refractivity contribution in [3.05, 3.63) is 53.6 Å². The molecule has 1 atom stereocenters. The summed E-state index contributed by atoms with van der Waals surface area (Å²) in [5, 5.41) is 0. The minimum Gasteiger partial charge on any atom is -0.494 e. The molecule has 0 heterocycles. The van der Waals surface area contributed by atoms with E-state index < -0.39 is 22.4 Å². The molecule has 0 aromatic heterocycles. The largest absolute Gasteiger partial charge is 0.494 e. The number of nitrogens with two attached hydrogens (primary N) is 1. The first-order chi connectivity index (χ1) is 9.49. The van der Waals surface area contributed by atoms with Crippen molar-refractivity contribution < 1.29 is 17.7 Å². The van der Waals surface area contributed by atoms with Gasteiger partial charge in [0, 0.05) is 10.6 Å². The molecule has 6 heteroatoms. The van der Waals surface area contributed by atoms with Crippen molar-refractivity contribution in [3.63, 3.8) is 0 Å². The Morgan fingerprint density at radius 2 is 1.95 bits per heavy atom. The van der Waals surface area contributed by atoms with Crippen LogP contribution in [0.1, 0.15) is 5.56 Å². The molecule has 20 heavy (non-hydrogen) atoms. The van der Waals surface area contributed by atoms with Crippen LogP contribution in [0.2, 0.25) is 0 Å². The average Bonchev–Trinajstić information content (AvgIpc) is 2.37. The first kappa shape index (κ1) is 14.5. The van der Waals surface area contributed by atoms with Gasteiger partial charge in [0.2, 0.25) is 0 Å². The maximum Gasteiger partial charge on any atom is 0.165 e. The molecule has 2 rings (SSSR count). The van der Waals surface area contributed by atoms with E-state index in [1.54, 1.807) is 6.07 Å². The summed E-state index contributed by atoms with van der Waals surface area (Å²) in [5.41, 5.74) is 6.24. The molecule has 2 aromatic rings. The van der Waals surface area contributed by atoms with Gasteiger partial charge in [-0.3, -0.25) is 4.21 Å². The van der Waals surface area contributed by atoms with Crippen LogP contribution in [0.3, 0.4) is 0 Å². The minimum atomic E-state index is -1.50. The van der Waals surface area contributed by atoms with Crippen LogP contribution >= 0.6 is 0 Å². The summed E-state index contributed by atoms with van der Waals surface area (Å²) in [6, 6.07) is 8.07. The van der Waals surface area contributed by atoms with Crippen LogP contribution in [0.4, 0.5) is 14.5 Å². The van der Waals surface area contributed by atoms with Gasteiger partial charge in [-0.15, -0.1) is 0 Å². The highest BCUT2D eigenvalue weighted by Gasteiger charge is 2.10. The molecule has 0 fully saturated rings. The van der Waals surface area contributed by atoms with E-state index >= 15 is 0 Å². The molecule has 0 bridgehead atoms. The highest BCUT2D eigenvalue weighted by molar-refractivity contribution is 7.84. The van der Waals surface area contributed by atoms with Gasteiger partial charge in [-0.25, -0.2) is 8.78 Å². The number of methoxy groups -OCH3 is 1. The number of hydrogen-bond acceptors (Lipinski definition) is 3. The highest BCUT2D eigenvalue weighted by atomic mass is 32.2. The lowest BCUT2D eigenvalue weighted by Crippen LogP contribution is -2.00. The van der Waals surface area contributed by atoms with Crippen molar-refractivity contribution in [2.75, 3.05) is 12.8 Å². The van der Waals surface area contributed by atoms with Gasteiger partial charge in [-0.05, 0) is 35.9 Å². The number of halogens is 2. The third-order valence-corrected chi connectivity index (χ3v) is 4.03. The van der Waals surface area contributed by atoms with E-state index in [1.807, 2.05) is 0 Å². The molecule has 0 aliphatic heterocycles. The van der Waals surface area contributed by atoms with Crippen LogP contribution in [0, 0.1) is 11.6 Å². The Kier molecular flexibility index (Phi) is 4.34. The summed E-state index contributed by atoms with van der Waals surface area (Å²) in [5.74, 6) is -0.881. The maximum absolute atomic E-state index is 13.5. The Labute approximate surface area is 117 Å². The van der Waals surface area contributed by atoms with Gasteiger partial charge in [-0.1, -0.05) is 6.07 Å². The second-order valence-corrected chi connectivity index (χ2v) is 5.63. The van der Waals surface area contributed by atoms with E-state index in [2.05, 4.69) is 0 Å². The number of rotatable bonds is 4. The van der Waals surface area contributed by atoms with Crippen LogP contribution in [0.5, 0.6) is 5.75 Å². The van der Waals surface area contributed by atoms with Crippen molar-refractivity contribution >= 4 is 16.5 Å². The Hall–Kier alpha value is -1.95. The molecule has 0 spiro atoms. The summed E-state index contributed by atoms with van der Waals surface area (Å²) in [7, 11) is -0.132. The van der Waals surface area contributed by atoms with E-state index in [-0.39, 0.29) is 22.1 Å². The topological polar surface area (TPSA) is 52.3 Å². The van der Waals surface area contributed by atoms with Crippen LogP contribution in [-0.4, -0.2) is 11.3 Å². The molecule has 0 saturated heterocycles. The fraction of sp³-hybridized carbons (Fsp3) is 0.143. The molecule has 0 radical (unpaired) electrons. The number of nitrogen functional groups attached to an aromatic ring is 1. The highest BCUT2D eigenvalue weighted by Crippen LogP contribution is 2.21. The van der Waals surface area contributed by atoms with Crippen LogP contribution < -0.4 is 10.5 Å². The quantitative estimate of drug-likeness (QED) is 0.883. The fourth-order valence-corrected chi connectivity index (χ4v) is 2.91. The van der Waals surface area contributed by atoms with Gasteiger partial charge >= 0.3 is 0 Å². The van der Waals surface area contributed by atoms with Crippen molar-refractivity contribution in [2.24, 2.45) is 0 Å². The van der Waals surface area contributed by atoms with E-state index in [0.29, 0.717) is 5.56 Å². The Bertz CT molecular complexity index is 641. The smallest absolute Gasteiger partial charge is 0.165 e. The zero-order valence-electron chi connectivity index (χ0n) is 10.7. The zero-order chi connectivity index (χ0) is 14.7. The van der Waals surface area contributed by atoms with Gasteiger partial charge < -0.3 is 10.5 Å². The number of hydrogen-bond donors (Lipinski definition) is 1. The number of anilines is 1. The Balaban J connectivity index is 2.21. The van der Waals surface area contributed by atoms with Crippen LogP contribution in [0.15, 0.2) is 41.3 Å². The Morgan fingerprint density at radius 3 is 2.55 bits per heavy atom. The zero-order valence-corrected chi connectivity index (χ0v) is 11.5. The maximum atomic E-state index is 13.5. The lowest BCUT2D eigenvalue weighted by Gasteiger charge is -2.06. The molecule has 0 aliphatic rings. The molecular weight excluding hydrogens is 284 g/mol. The first-order valence-corrected chi connectivity index (χ1v) is 7.08. The second-order valence-electron chi connectivity index (χ2n) is 4.18. The lowest BCUT2D eigenvalue weighted by molar-refractivity contribution is 0.386. The summed E-state index contributed by atoms with van der Waals surface area (Å²) in [4.78, 5) is 0.277. The normalized spacial score (nSPS) is 12.2. The van der Waals surface area contributed by atoms with E-state index in [4.69, 9.17) is 10.5 Å². The monoisotopic (exact) mass is 297 g/mol.